The number of nitrogens with zero attached hydrogens (tertiary/aromatic N) is 3. The van der Waals surface area contributed by atoms with Gasteiger partial charge in [-0.1, -0.05) is 30.3 Å². The first-order valence-electron chi connectivity index (χ1n) is 9.91. The molecule has 0 saturated heterocycles. The minimum absolute atomic E-state index is 0.0728. The van der Waals surface area contributed by atoms with Gasteiger partial charge < -0.3 is 9.88 Å². The van der Waals surface area contributed by atoms with Crippen molar-refractivity contribution in [3.63, 3.8) is 0 Å². The van der Waals surface area contributed by atoms with E-state index in [0.717, 1.165) is 22.8 Å². The topological polar surface area (TPSA) is 68.9 Å². The van der Waals surface area contributed by atoms with Crippen LogP contribution in [0.4, 0.5) is 5.69 Å². The first-order chi connectivity index (χ1) is 14.7. The van der Waals surface area contributed by atoms with Crippen molar-refractivity contribution >= 4 is 44.4 Å². The molecule has 30 heavy (non-hydrogen) atoms. The number of carbonyl (C=O) groups excluding carboxylic acids is 1. The Hall–Kier alpha value is -3.93. The lowest BCUT2D eigenvalue weighted by Gasteiger charge is -2.10. The number of amides is 1. The van der Waals surface area contributed by atoms with E-state index >= 15 is 0 Å². The minimum atomic E-state index is -0.301. The molecular formula is C24H20N4O2. The molecule has 0 radical (unpaired) electrons. The summed E-state index contributed by atoms with van der Waals surface area (Å²) in [4.78, 5) is 29.2. The van der Waals surface area contributed by atoms with E-state index in [4.69, 9.17) is 0 Å². The zero-order chi connectivity index (χ0) is 20.7. The normalized spacial score (nSPS) is 11.4. The predicted molar refractivity (Wildman–Crippen MR) is 120 cm³/mol. The molecule has 2 heterocycles. The summed E-state index contributed by atoms with van der Waals surface area (Å²) in [6.45, 7) is 2.92. The molecule has 0 aliphatic carbocycles. The van der Waals surface area contributed by atoms with Crippen LogP contribution in [0.5, 0.6) is 0 Å². The third-order valence-corrected chi connectivity index (χ3v) is 5.43. The third kappa shape index (κ3) is 2.93. The van der Waals surface area contributed by atoms with Crippen LogP contribution in [0.2, 0.25) is 0 Å². The van der Waals surface area contributed by atoms with E-state index in [1.807, 2.05) is 48.5 Å². The average molecular weight is 396 g/mol. The maximum atomic E-state index is 12.7. The number of benzene rings is 3. The van der Waals surface area contributed by atoms with E-state index in [2.05, 4.69) is 33.9 Å². The quantitative estimate of drug-likeness (QED) is 0.496. The van der Waals surface area contributed by atoms with E-state index in [1.165, 1.54) is 16.3 Å². The number of hydrogen-bond acceptors (Lipinski definition) is 3. The van der Waals surface area contributed by atoms with Gasteiger partial charge in [0, 0.05) is 34.0 Å². The molecule has 0 fully saturated rings. The number of rotatable bonds is 4. The standard InChI is InChI=1S/C24H20N4O2/c1-2-27-20-9-5-3-7-17(20)18-13-16(11-12-21(18)27)26-23(29)15-28-22-10-6-4-8-19(22)25-14-24(28)30/h3-14H,2,15H2,1H3,(H,26,29). The molecule has 5 aromatic rings. The van der Waals surface area contributed by atoms with Crippen LogP contribution in [0.25, 0.3) is 32.8 Å². The van der Waals surface area contributed by atoms with Crippen molar-refractivity contribution in [3.8, 4) is 0 Å². The van der Waals surface area contributed by atoms with Gasteiger partial charge in [0.2, 0.25) is 5.91 Å². The van der Waals surface area contributed by atoms with E-state index < -0.39 is 0 Å². The number of para-hydroxylation sites is 3. The molecule has 148 valence electrons. The fourth-order valence-corrected chi connectivity index (χ4v) is 4.09. The summed E-state index contributed by atoms with van der Waals surface area (Å²) in [6.07, 6.45) is 1.25. The molecule has 0 saturated carbocycles. The second-order valence-corrected chi connectivity index (χ2v) is 7.21. The molecule has 0 aliphatic rings. The monoisotopic (exact) mass is 396 g/mol. The Morgan fingerprint density at radius 1 is 0.900 bits per heavy atom. The van der Waals surface area contributed by atoms with E-state index in [1.54, 1.807) is 6.07 Å². The fourth-order valence-electron chi connectivity index (χ4n) is 4.09. The highest BCUT2D eigenvalue weighted by atomic mass is 16.2. The molecule has 1 N–H and O–H groups in total. The highest BCUT2D eigenvalue weighted by Crippen LogP contribution is 2.31. The number of hydrogen-bond donors (Lipinski definition) is 1. The van der Waals surface area contributed by atoms with Gasteiger partial charge in [-0.25, -0.2) is 4.98 Å². The second kappa shape index (κ2) is 7.15. The molecule has 5 rings (SSSR count). The van der Waals surface area contributed by atoms with Gasteiger partial charge in [-0.3, -0.25) is 14.2 Å². The van der Waals surface area contributed by atoms with Crippen LogP contribution in [0.15, 0.2) is 77.7 Å². The van der Waals surface area contributed by atoms with Crippen molar-refractivity contribution in [2.45, 2.75) is 20.0 Å². The van der Waals surface area contributed by atoms with Gasteiger partial charge in [0.15, 0.2) is 0 Å². The van der Waals surface area contributed by atoms with Crippen molar-refractivity contribution in [2.24, 2.45) is 0 Å². The molecule has 0 atom stereocenters. The largest absolute Gasteiger partial charge is 0.341 e. The first kappa shape index (κ1) is 18.1. The van der Waals surface area contributed by atoms with E-state index in [-0.39, 0.29) is 18.0 Å². The van der Waals surface area contributed by atoms with Crippen molar-refractivity contribution in [1.82, 2.24) is 14.1 Å². The summed E-state index contributed by atoms with van der Waals surface area (Å²) in [6, 6.07) is 21.5. The molecule has 6 nitrogen and oxygen atoms in total. The predicted octanol–water partition coefficient (Wildman–Crippen LogP) is 4.16. The molecule has 6 heteroatoms. The number of carbonyl (C=O) groups is 1. The second-order valence-electron chi connectivity index (χ2n) is 7.21. The zero-order valence-electron chi connectivity index (χ0n) is 16.5. The summed E-state index contributed by atoms with van der Waals surface area (Å²) in [5.74, 6) is -0.257. The van der Waals surface area contributed by atoms with Gasteiger partial charge in [-0.05, 0) is 43.3 Å². The average Bonchev–Trinajstić information content (AvgIpc) is 3.09. The van der Waals surface area contributed by atoms with Gasteiger partial charge in [-0.15, -0.1) is 0 Å². The third-order valence-electron chi connectivity index (χ3n) is 5.43. The molecule has 3 aromatic carbocycles. The zero-order valence-corrected chi connectivity index (χ0v) is 16.5. The molecule has 0 bridgehead atoms. The van der Waals surface area contributed by atoms with Crippen molar-refractivity contribution in [2.75, 3.05) is 5.32 Å². The molecule has 1 amide bonds. The Morgan fingerprint density at radius 3 is 2.47 bits per heavy atom. The van der Waals surface area contributed by atoms with Crippen molar-refractivity contribution in [3.05, 3.63) is 83.3 Å². The number of aryl methyl sites for hydroxylation is 1. The summed E-state index contributed by atoms with van der Waals surface area (Å²) >= 11 is 0. The van der Waals surface area contributed by atoms with Crippen LogP contribution in [-0.2, 0) is 17.9 Å². The van der Waals surface area contributed by atoms with Crippen LogP contribution < -0.4 is 10.9 Å². The summed E-state index contributed by atoms with van der Waals surface area (Å²) < 4.78 is 3.71. The van der Waals surface area contributed by atoms with Crippen LogP contribution >= 0.6 is 0 Å². The molecule has 2 aromatic heterocycles. The van der Waals surface area contributed by atoms with Crippen LogP contribution in [0.1, 0.15) is 6.92 Å². The summed E-state index contributed by atoms with van der Waals surface area (Å²) in [7, 11) is 0. The van der Waals surface area contributed by atoms with E-state index in [9.17, 15) is 9.59 Å². The maximum Gasteiger partial charge on any atom is 0.269 e. The van der Waals surface area contributed by atoms with Gasteiger partial charge in [0.1, 0.15) is 6.54 Å². The highest BCUT2D eigenvalue weighted by Gasteiger charge is 2.12. The van der Waals surface area contributed by atoms with Gasteiger partial charge in [-0.2, -0.15) is 0 Å². The first-order valence-corrected chi connectivity index (χ1v) is 9.91. The Balaban J connectivity index is 1.49. The summed E-state index contributed by atoms with van der Waals surface area (Å²) in [5, 5.41) is 5.19. The minimum Gasteiger partial charge on any atom is -0.341 e. The fraction of sp³-hybridized carbons (Fsp3) is 0.125. The lowest BCUT2D eigenvalue weighted by molar-refractivity contribution is -0.116. The van der Waals surface area contributed by atoms with Crippen LogP contribution in [0.3, 0.4) is 0 Å². The maximum absolute atomic E-state index is 12.7. The highest BCUT2D eigenvalue weighted by molar-refractivity contribution is 6.09. The van der Waals surface area contributed by atoms with Gasteiger partial charge in [0.05, 0.1) is 17.2 Å². The van der Waals surface area contributed by atoms with Crippen molar-refractivity contribution in [1.29, 1.82) is 0 Å². The number of nitrogens with one attached hydrogen (secondary N) is 1. The Labute approximate surface area is 172 Å². The number of aromatic nitrogens is 3. The molecular weight excluding hydrogens is 376 g/mol. The SMILES string of the molecule is CCn1c2ccccc2c2cc(NC(=O)Cn3c(=O)cnc4ccccc43)ccc21. The smallest absolute Gasteiger partial charge is 0.269 e. The van der Waals surface area contributed by atoms with Crippen LogP contribution in [0, 0.1) is 0 Å². The lowest BCUT2D eigenvalue weighted by Crippen LogP contribution is -2.27. The number of anilines is 1. The van der Waals surface area contributed by atoms with Crippen LogP contribution in [-0.4, -0.2) is 20.0 Å². The van der Waals surface area contributed by atoms with Crippen molar-refractivity contribution < 1.29 is 4.79 Å². The lowest BCUT2D eigenvalue weighted by atomic mass is 10.1. The molecule has 0 spiro atoms. The van der Waals surface area contributed by atoms with Gasteiger partial charge >= 0.3 is 0 Å². The Kier molecular flexibility index (Phi) is 4.32. The summed E-state index contributed by atoms with van der Waals surface area (Å²) in [5.41, 5.74) is 4.03. The molecule has 0 unspecified atom stereocenters. The molecule has 0 aliphatic heterocycles. The Bertz CT molecular complexity index is 1480. The number of fused-ring (bicyclic) bond motifs is 4. The van der Waals surface area contributed by atoms with Gasteiger partial charge in [0.25, 0.3) is 5.56 Å². The Morgan fingerprint density at radius 2 is 1.63 bits per heavy atom. The van der Waals surface area contributed by atoms with E-state index in [0.29, 0.717) is 16.7 Å².